The minimum atomic E-state index is -0.308. The molecule has 0 atom stereocenters. The van der Waals surface area contributed by atoms with E-state index in [0.717, 1.165) is 10.9 Å². The van der Waals surface area contributed by atoms with Crippen LogP contribution in [0.25, 0.3) is 10.9 Å². The van der Waals surface area contributed by atoms with Crippen LogP contribution < -0.4 is 5.56 Å². The molecular formula is C13H13NO3. The number of aryl methyl sites for hydroxylation is 1. The number of carbonyl (C=O) groups is 1. The fraction of sp³-hybridized carbons (Fsp3) is 0.231. The van der Waals surface area contributed by atoms with Gasteiger partial charge in [0, 0.05) is 17.5 Å². The van der Waals surface area contributed by atoms with Crippen LogP contribution >= 0.6 is 0 Å². The van der Waals surface area contributed by atoms with Crippen LogP contribution in [0.15, 0.2) is 35.1 Å². The SMILES string of the molecule is COC(=O)CCc1cc2ccccc2[nH]c1=O. The van der Waals surface area contributed by atoms with E-state index in [1.54, 1.807) is 0 Å². The van der Waals surface area contributed by atoms with E-state index in [1.165, 1.54) is 7.11 Å². The molecule has 1 aromatic carbocycles. The Hall–Kier alpha value is -2.10. The number of rotatable bonds is 3. The minimum Gasteiger partial charge on any atom is -0.469 e. The first-order valence-electron chi connectivity index (χ1n) is 5.38. The Kier molecular flexibility index (Phi) is 3.23. The van der Waals surface area contributed by atoms with E-state index in [-0.39, 0.29) is 17.9 Å². The zero-order valence-corrected chi connectivity index (χ0v) is 9.53. The fourth-order valence-electron chi connectivity index (χ4n) is 1.72. The zero-order valence-electron chi connectivity index (χ0n) is 9.53. The Labute approximate surface area is 98.2 Å². The predicted octanol–water partition coefficient (Wildman–Crippen LogP) is 1.63. The molecule has 2 aromatic rings. The van der Waals surface area contributed by atoms with Crippen LogP contribution in [0.5, 0.6) is 0 Å². The Balaban J connectivity index is 2.31. The second-order valence-corrected chi connectivity index (χ2v) is 3.79. The number of para-hydroxylation sites is 1. The highest BCUT2D eigenvalue weighted by Crippen LogP contribution is 2.11. The van der Waals surface area contributed by atoms with Crippen LogP contribution in [-0.2, 0) is 16.0 Å². The number of hydrogen-bond acceptors (Lipinski definition) is 3. The van der Waals surface area contributed by atoms with Gasteiger partial charge in [0.25, 0.3) is 5.56 Å². The lowest BCUT2D eigenvalue weighted by molar-refractivity contribution is -0.140. The molecule has 1 N–H and O–H groups in total. The summed E-state index contributed by atoms with van der Waals surface area (Å²) in [5.41, 5.74) is 1.26. The smallest absolute Gasteiger partial charge is 0.305 e. The Bertz CT molecular complexity index is 601. The van der Waals surface area contributed by atoms with Gasteiger partial charge in [0.05, 0.1) is 7.11 Å². The third-order valence-corrected chi connectivity index (χ3v) is 2.66. The monoisotopic (exact) mass is 231 g/mol. The molecule has 0 bridgehead atoms. The van der Waals surface area contributed by atoms with E-state index in [0.29, 0.717) is 12.0 Å². The molecule has 2 rings (SSSR count). The molecule has 0 saturated carbocycles. The first-order valence-corrected chi connectivity index (χ1v) is 5.38. The van der Waals surface area contributed by atoms with Crippen LogP contribution in [0, 0.1) is 0 Å². The molecule has 0 fully saturated rings. The van der Waals surface area contributed by atoms with Gasteiger partial charge in [-0.1, -0.05) is 18.2 Å². The van der Waals surface area contributed by atoms with Crippen molar-refractivity contribution in [2.75, 3.05) is 7.11 Å². The summed E-state index contributed by atoms with van der Waals surface area (Å²) < 4.78 is 4.55. The van der Waals surface area contributed by atoms with Crippen LogP contribution in [0.4, 0.5) is 0 Å². The number of carbonyl (C=O) groups excluding carboxylic acids is 1. The summed E-state index contributed by atoms with van der Waals surface area (Å²) in [7, 11) is 1.34. The highest BCUT2D eigenvalue weighted by Gasteiger charge is 2.06. The lowest BCUT2D eigenvalue weighted by Crippen LogP contribution is -2.14. The summed E-state index contributed by atoms with van der Waals surface area (Å²) >= 11 is 0. The minimum absolute atomic E-state index is 0.146. The number of aromatic nitrogens is 1. The maximum atomic E-state index is 11.7. The van der Waals surface area contributed by atoms with Crippen molar-refractivity contribution >= 4 is 16.9 Å². The summed E-state index contributed by atoms with van der Waals surface area (Å²) in [6.45, 7) is 0. The number of benzene rings is 1. The normalized spacial score (nSPS) is 10.4. The van der Waals surface area contributed by atoms with E-state index in [4.69, 9.17) is 0 Å². The molecule has 0 aliphatic rings. The molecule has 1 aromatic heterocycles. The average Bonchev–Trinajstić information content (AvgIpc) is 2.35. The van der Waals surface area contributed by atoms with Gasteiger partial charge in [-0.25, -0.2) is 0 Å². The third-order valence-electron chi connectivity index (χ3n) is 2.66. The number of esters is 1. The van der Waals surface area contributed by atoms with E-state index in [9.17, 15) is 9.59 Å². The predicted molar refractivity (Wildman–Crippen MR) is 64.9 cm³/mol. The van der Waals surface area contributed by atoms with Gasteiger partial charge in [0.2, 0.25) is 0 Å². The number of aromatic amines is 1. The maximum absolute atomic E-state index is 11.7. The van der Waals surface area contributed by atoms with Crippen molar-refractivity contribution in [1.29, 1.82) is 0 Å². The van der Waals surface area contributed by atoms with E-state index in [1.807, 2.05) is 30.3 Å². The lowest BCUT2D eigenvalue weighted by Gasteiger charge is -2.02. The highest BCUT2D eigenvalue weighted by molar-refractivity contribution is 5.78. The number of pyridine rings is 1. The van der Waals surface area contributed by atoms with Gasteiger partial charge >= 0.3 is 5.97 Å². The molecule has 4 heteroatoms. The van der Waals surface area contributed by atoms with Crippen molar-refractivity contribution in [3.05, 3.63) is 46.2 Å². The Morgan fingerprint density at radius 1 is 1.35 bits per heavy atom. The van der Waals surface area contributed by atoms with Gasteiger partial charge in [0.1, 0.15) is 0 Å². The molecule has 17 heavy (non-hydrogen) atoms. The summed E-state index contributed by atoms with van der Waals surface area (Å²) in [6, 6.07) is 9.36. The molecule has 1 heterocycles. The number of H-pyrrole nitrogens is 1. The first kappa shape index (κ1) is 11.4. The molecular weight excluding hydrogens is 218 g/mol. The topological polar surface area (TPSA) is 59.2 Å². The largest absolute Gasteiger partial charge is 0.469 e. The van der Waals surface area contributed by atoms with Gasteiger partial charge in [-0.2, -0.15) is 0 Å². The zero-order chi connectivity index (χ0) is 12.3. The van der Waals surface area contributed by atoms with Crippen molar-refractivity contribution in [2.24, 2.45) is 0 Å². The Morgan fingerprint density at radius 2 is 2.12 bits per heavy atom. The van der Waals surface area contributed by atoms with E-state index >= 15 is 0 Å². The molecule has 0 amide bonds. The quantitative estimate of drug-likeness (QED) is 0.817. The first-order chi connectivity index (χ1) is 8.20. The molecule has 0 spiro atoms. The summed E-state index contributed by atoms with van der Waals surface area (Å²) in [4.78, 5) is 25.5. The van der Waals surface area contributed by atoms with Crippen LogP contribution in [-0.4, -0.2) is 18.1 Å². The summed E-state index contributed by atoms with van der Waals surface area (Å²) in [5, 5.41) is 0.965. The third kappa shape index (κ3) is 2.53. The van der Waals surface area contributed by atoms with Gasteiger partial charge in [-0.3, -0.25) is 9.59 Å². The molecule has 0 aliphatic heterocycles. The van der Waals surface area contributed by atoms with Crippen molar-refractivity contribution in [2.45, 2.75) is 12.8 Å². The summed E-state index contributed by atoms with van der Waals surface area (Å²) in [5.74, 6) is -0.308. The maximum Gasteiger partial charge on any atom is 0.305 e. The molecule has 4 nitrogen and oxygen atoms in total. The van der Waals surface area contributed by atoms with Gasteiger partial charge in [-0.15, -0.1) is 0 Å². The van der Waals surface area contributed by atoms with Crippen LogP contribution in [0.2, 0.25) is 0 Å². The number of nitrogens with one attached hydrogen (secondary N) is 1. The number of ether oxygens (including phenoxy) is 1. The Morgan fingerprint density at radius 3 is 2.88 bits per heavy atom. The van der Waals surface area contributed by atoms with Crippen molar-refractivity contribution in [3.63, 3.8) is 0 Å². The number of methoxy groups -OCH3 is 1. The van der Waals surface area contributed by atoms with Crippen molar-refractivity contribution in [1.82, 2.24) is 4.98 Å². The van der Waals surface area contributed by atoms with Gasteiger partial charge < -0.3 is 9.72 Å². The molecule has 0 unspecified atom stereocenters. The van der Waals surface area contributed by atoms with Crippen LogP contribution in [0.1, 0.15) is 12.0 Å². The number of hydrogen-bond donors (Lipinski definition) is 1. The lowest BCUT2D eigenvalue weighted by atomic mass is 10.1. The molecule has 0 radical (unpaired) electrons. The average molecular weight is 231 g/mol. The molecule has 0 aliphatic carbocycles. The van der Waals surface area contributed by atoms with E-state index < -0.39 is 0 Å². The van der Waals surface area contributed by atoms with Gasteiger partial charge in [0.15, 0.2) is 0 Å². The fourth-order valence-corrected chi connectivity index (χ4v) is 1.72. The van der Waals surface area contributed by atoms with E-state index in [2.05, 4.69) is 9.72 Å². The van der Waals surface area contributed by atoms with Crippen LogP contribution in [0.3, 0.4) is 0 Å². The second-order valence-electron chi connectivity index (χ2n) is 3.79. The summed E-state index contributed by atoms with van der Waals surface area (Å²) in [6.07, 6.45) is 0.616. The van der Waals surface area contributed by atoms with Crippen molar-refractivity contribution < 1.29 is 9.53 Å². The number of fused-ring (bicyclic) bond motifs is 1. The van der Waals surface area contributed by atoms with Gasteiger partial charge in [-0.05, 0) is 23.9 Å². The van der Waals surface area contributed by atoms with Crippen molar-refractivity contribution in [3.8, 4) is 0 Å². The molecule has 0 saturated heterocycles. The highest BCUT2D eigenvalue weighted by atomic mass is 16.5. The molecule has 88 valence electrons. The second kappa shape index (κ2) is 4.82. The standard InChI is InChI=1S/C13H13NO3/c1-17-12(15)7-6-10-8-9-4-2-3-5-11(9)14-13(10)16/h2-5,8H,6-7H2,1H3,(H,14,16).